The van der Waals surface area contributed by atoms with Gasteiger partial charge in [-0.05, 0) is 43.0 Å². The van der Waals surface area contributed by atoms with Crippen molar-refractivity contribution >= 4 is 17.5 Å². The predicted octanol–water partition coefficient (Wildman–Crippen LogP) is 2.52. The van der Waals surface area contributed by atoms with Crippen molar-refractivity contribution < 1.29 is 18.4 Å². The summed E-state index contributed by atoms with van der Waals surface area (Å²) >= 11 is 0. The number of hydrogen-bond donors (Lipinski definition) is 1. The lowest BCUT2D eigenvalue weighted by molar-refractivity contribution is 0.0781. The van der Waals surface area contributed by atoms with E-state index >= 15 is 0 Å². The van der Waals surface area contributed by atoms with Gasteiger partial charge < -0.3 is 19.2 Å². The van der Waals surface area contributed by atoms with Crippen LogP contribution in [0.4, 0.5) is 10.1 Å². The number of aromatic nitrogens is 3. The second-order valence-corrected chi connectivity index (χ2v) is 7.84. The fraction of sp³-hybridized carbons (Fsp3) is 0.333. The highest BCUT2D eigenvalue weighted by Gasteiger charge is 2.41. The molecule has 2 aliphatic heterocycles. The van der Waals surface area contributed by atoms with Gasteiger partial charge >= 0.3 is 0 Å². The lowest BCUT2D eigenvalue weighted by atomic mass is 9.89. The van der Waals surface area contributed by atoms with Gasteiger partial charge in [-0.1, -0.05) is 6.07 Å². The summed E-state index contributed by atoms with van der Waals surface area (Å²) in [7, 11) is 0. The molecule has 1 fully saturated rings. The number of halogens is 1. The average molecular weight is 409 g/mol. The fourth-order valence-corrected chi connectivity index (χ4v) is 4.39. The summed E-state index contributed by atoms with van der Waals surface area (Å²) in [4.78, 5) is 27.4. The van der Waals surface area contributed by atoms with Crippen molar-refractivity contribution in [1.29, 1.82) is 0 Å². The molecule has 0 radical (unpaired) electrons. The molecule has 1 saturated heterocycles. The van der Waals surface area contributed by atoms with E-state index in [-0.39, 0.29) is 23.6 Å². The first kappa shape index (κ1) is 18.5. The molecule has 2 atom stereocenters. The third-order valence-electron chi connectivity index (χ3n) is 5.93. The first-order valence-corrected chi connectivity index (χ1v) is 9.82. The van der Waals surface area contributed by atoms with E-state index in [1.54, 1.807) is 19.1 Å². The molecule has 1 N–H and O–H groups in total. The van der Waals surface area contributed by atoms with Gasteiger partial charge in [-0.3, -0.25) is 9.59 Å². The van der Waals surface area contributed by atoms with Crippen LogP contribution in [-0.4, -0.2) is 44.6 Å². The highest BCUT2D eigenvalue weighted by molar-refractivity contribution is 6.01. The van der Waals surface area contributed by atoms with Crippen LogP contribution in [0.3, 0.4) is 0 Å². The van der Waals surface area contributed by atoms with Crippen LogP contribution in [0.1, 0.15) is 32.6 Å². The normalized spacial score (nSPS) is 20.0. The Morgan fingerprint density at radius 3 is 2.77 bits per heavy atom. The van der Waals surface area contributed by atoms with Gasteiger partial charge in [-0.2, -0.15) is 0 Å². The predicted molar refractivity (Wildman–Crippen MR) is 104 cm³/mol. The molecular formula is C21H20FN5O3. The first-order chi connectivity index (χ1) is 14.5. The lowest BCUT2D eigenvalue weighted by Crippen LogP contribution is -2.31. The average Bonchev–Trinajstić information content (AvgIpc) is 3.43. The van der Waals surface area contributed by atoms with E-state index in [1.807, 2.05) is 9.47 Å². The van der Waals surface area contributed by atoms with Crippen LogP contribution in [0.15, 0.2) is 41.0 Å². The lowest BCUT2D eigenvalue weighted by Gasteiger charge is -2.25. The van der Waals surface area contributed by atoms with E-state index in [0.29, 0.717) is 43.1 Å². The molecule has 2 aliphatic rings. The van der Waals surface area contributed by atoms with Crippen LogP contribution < -0.4 is 5.32 Å². The van der Waals surface area contributed by atoms with Gasteiger partial charge in [0.2, 0.25) is 5.82 Å². The molecular weight excluding hydrogens is 389 g/mol. The molecule has 0 spiro atoms. The van der Waals surface area contributed by atoms with E-state index in [9.17, 15) is 14.0 Å². The number of nitrogens with one attached hydrogen (secondary N) is 1. The summed E-state index contributed by atoms with van der Waals surface area (Å²) in [5, 5.41) is 10.9. The van der Waals surface area contributed by atoms with E-state index in [0.717, 1.165) is 5.82 Å². The van der Waals surface area contributed by atoms with Gasteiger partial charge in [0.25, 0.3) is 11.8 Å². The first-order valence-electron chi connectivity index (χ1n) is 9.82. The van der Waals surface area contributed by atoms with Gasteiger partial charge in [0, 0.05) is 31.7 Å². The Kier molecular flexibility index (Phi) is 4.38. The zero-order valence-corrected chi connectivity index (χ0v) is 16.3. The van der Waals surface area contributed by atoms with Crippen LogP contribution in [0.2, 0.25) is 0 Å². The van der Waals surface area contributed by atoms with Crippen molar-refractivity contribution in [2.45, 2.75) is 19.9 Å². The number of likely N-dealkylation sites (tertiary alicyclic amines) is 1. The van der Waals surface area contributed by atoms with Crippen molar-refractivity contribution in [2.75, 3.05) is 18.4 Å². The highest BCUT2D eigenvalue weighted by atomic mass is 19.1. The minimum atomic E-state index is -0.433. The van der Waals surface area contributed by atoms with Crippen molar-refractivity contribution in [2.24, 2.45) is 11.8 Å². The number of carbonyl (C=O) groups is 2. The van der Waals surface area contributed by atoms with Crippen molar-refractivity contribution in [3.63, 3.8) is 0 Å². The smallest absolute Gasteiger partial charge is 0.293 e. The third kappa shape index (κ3) is 3.16. The number of rotatable bonds is 3. The Labute approximate surface area is 171 Å². The number of benzene rings is 1. The number of hydrogen-bond acceptors (Lipinski definition) is 5. The third-order valence-corrected chi connectivity index (χ3v) is 5.93. The molecule has 5 rings (SSSR count). The zero-order chi connectivity index (χ0) is 20.8. The Morgan fingerprint density at radius 2 is 2.00 bits per heavy atom. The standard InChI is InChI=1S/C21H20FN5O3/c1-12-17(5-6-30-12)21(29)26-9-13-7-18-24-25-19(27(18)11-14(13)10-26)20(28)23-16-4-2-3-15(22)8-16/h2-6,8,13-14H,7,9-11H2,1H3,(H,23,28)/t13-,14-/m1/s1. The molecule has 8 nitrogen and oxygen atoms in total. The molecule has 0 bridgehead atoms. The Hall–Kier alpha value is -3.49. The molecule has 3 aromatic rings. The van der Waals surface area contributed by atoms with Crippen LogP contribution in [0.5, 0.6) is 0 Å². The Morgan fingerprint density at radius 1 is 1.17 bits per heavy atom. The molecule has 4 heterocycles. The minimum Gasteiger partial charge on any atom is -0.469 e. The highest BCUT2D eigenvalue weighted by Crippen LogP contribution is 2.33. The number of amides is 2. The monoisotopic (exact) mass is 409 g/mol. The number of fused-ring (bicyclic) bond motifs is 2. The van der Waals surface area contributed by atoms with E-state index < -0.39 is 11.7 Å². The molecule has 30 heavy (non-hydrogen) atoms. The van der Waals surface area contributed by atoms with Gasteiger partial charge in [0.15, 0.2) is 0 Å². The van der Waals surface area contributed by atoms with Gasteiger partial charge in [-0.15, -0.1) is 10.2 Å². The quantitative estimate of drug-likeness (QED) is 0.718. The van der Waals surface area contributed by atoms with Gasteiger partial charge in [-0.25, -0.2) is 4.39 Å². The number of anilines is 1. The van der Waals surface area contributed by atoms with Crippen LogP contribution in [0.25, 0.3) is 0 Å². The SMILES string of the molecule is Cc1occc1C(=O)N1C[C@H]2Cc3nnc(C(=O)Nc4cccc(F)c4)n3C[C@H]2C1. The molecule has 0 unspecified atom stereocenters. The zero-order valence-electron chi connectivity index (χ0n) is 16.3. The number of furan rings is 1. The van der Waals surface area contributed by atoms with Crippen molar-refractivity contribution in [1.82, 2.24) is 19.7 Å². The largest absolute Gasteiger partial charge is 0.469 e. The summed E-state index contributed by atoms with van der Waals surface area (Å²) in [6.07, 6.45) is 2.18. The van der Waals surface area contributed by atoms with Crippen LogP contribution >= 0.6 is 0 Å². The Bertz CT molecular complexity index is 1140. The van der Waals surface area contributed by atoms with Gasteiger partial charge in [0.05, 0.1) is 11.8 Å². The number of carbonyl (C=O) groups excluding carboxylic acids is 2. The minimum absolute atomic E-state index is 0.0320. The Balaban J connectivity index is 1.32. The van der Waals surface area contributed by atoms with E-state index in [1.165, 1.54) is 24.5 Å². The number of nitrogens with zero attached hydrogens (tertiary/aromatic N) is 4. The summed E-state index contributed by atoms with van der Waals surface area (Å²) < 4.78 is 20.5. The van der Waals surface area contributed by atoms with Crippen molar-refractivity contribution in [3.05, 3.63) is 65.4 Å². The van der Waals surface area contributed by atoms with E-state index in [4.69, 9.17) is 4.42 Å². The maximum absolute atomic E-state index is 13.4. The molecule has 0 aliphatic carbocycles. The fourth-order valence-electron chi connectivity index (χ4n) is 4.39. The second-order valence-electron chi connectivity index (χ2n) is 7.84. The maximum Gasteiger partial charge on any atom is 0.293 e. The van der Waals surface area contributed by atoms with Gasteiger partial charge in [0.1, 0.15) is 17.4 Å². The topological polar surface area (TPSA) is 93.3 Å². The summed E-state index contributed by atoms with van der Waals surface area (Å²) in [5.41, 5.74) is 0.947. The molecule has 1 aromatic carbocycles. The molecule has 0 saturated carbocycles. The molecule has 9 heteroatoms. The van der Waals surface area contributed by atoms with Crippen LogP contribution in [-0.2, 0) is 13.0 Å². The molecule has 2 amide bonds. The maximum atomic E-state index is 13.4. The summed E-state index contributed by atoms with van der Waals surface area (Å²) in [6, 6.07) is 7.40. The number of aryl methyl sites for hydroxylation is 1. The van der Waals surface area contributed by atoms with Crippen molar-refractivity contribution in [3.8, 4) is 0 Å². The van der Waals surface area contributed by atoms with E-state index in [2.05, 4.69) is 15.5 Å². The van der Waals surface area contributed by atoms with Crippen LogP contribution in [0, 0.1) is 24.6 Å². The molecule has 2 aromatic heterocycles. The molecule has 154 valence electrons. The summed E-state index contributed by atoms with van der Waals surface area (Å²) in [6.45, 7) is 3.59. The summed E-state index contributed by atoms with van der Waals surface area (Å²) in [5.74, 6) is 1.14. The second kappa shape index (κ2) is 7.08.